The number of aromatic nitrogens is 3. The molecule has 2 aromatic heterocycles. The molecule has 0 aliphatic heterocycles. The van der Waals surface area contributed by atoms with Gasteiger partial charge < -0.3 is 5.32 Å². The van der Waals surface area contributed by atoms with E-state index in [2.05, 4.69) is 47.3 Å². The van der Waals surface area contributed by atoms with Crippen molar-refractivity contribution in [2.45, 2.75) is 12.4 Å². The zero-order valence-corrected chi connectivity index (χ0v) is 19.6. The molecule has 0 spiro atoms. The topological polar surface area (TPSA) is 59.3 Å². The molecule has 1 N–H and O–H groups in total. The first-order valence-corrected chi connectivity index (χ1v) is 10.8. The fraction of sp³-hybridized carbons (Fsp3) is 0.0952. The van der Waals surface area contributed by atoms with Crippen molar-refractivity contribution >= 4 is 49.1 Å². The molecular formula is C21H10Br2F6N4O. The normalized spacial score (nSPS) is 12.2. The first kappa shape index (κ1) is 24.2. The molecule has 0 bridgehead atoms. The van der Waals surface area contributed by atoms with Gasteiger partial charge in [-0.3, -0.25) is 4.79 Å². The van der Waals surface area contributed by atoms with Crippen LogP contribution in [0, 0.1) is 0 Å². The van der Waals surface area contributed by atoms with Gasteiger partial charge in [-0.1, -0.05) is 34.1 Å². The van der Waals surface area contributed by atoms with Gasteiger partial charge in [-0.2, -0.15) is 31.4 Å². The Morgan fingerprint density at radius 2 is 1.59 bits per heavy atom. The second-order valence-corrected chi connectivity index (χ2v) is 8.67. The molecule has 13 heteroatoms. The standard InChI is InChI=1S/C21H10Br2F6N4O/c22-12-6-4-10(5-7-12)14-9-15(21(27,28)29)33-18(31-14)16(23)17(32-33)19(34)30-13-3-1-2-11(8-13)20(24,25)26/h1-9H,(H,30,34). The molecule has 4 rings (SSSR count). The lowest BCUT2D eigenvalue weighted by Crippen LogP contribution is -2.16. The molecule has 0 atom stereocenters. The monoisotopic (exact) mass is 606 g/mol. The van der Waals surface area contributed by atoms with Gasteiger partial charge in [0.2, 0.25) is 0 Å². The Morgan fingerprint density at radius 3 is 2.21 bits per heavy atom. The van der Waals surface area contributed by atoms with Crippen LogP contribution in [0.1, 0.15) is 21.7 Å². The molecule has 5 nitrogen and oxygen atoms in total. The van der Waals surface area contributed by atoms with Crippen molar-refractivity contribution in [3.8, 4) is 11.3 Å². The molecule has 0 radical (unpaired) electrons. The highest BCUT2D eigenvalue weighted by Gasteiger charge is 2.37. The number of fused-ring (bicyclic) bond motifs is 1. The molecule has 0 aliphatic rings. The summed E-state index contributed by atoms with van der Waals surface area (Å²) in [6.45, 7) is 0. The quantitative estimate of drug-likeness (QED) is 0.250. The number of nitrogens with zero attached hydrogens (tertiary/aromatic N) is 3. The third kappa shape index (κ3) is 4.80. The second kappa shape index (κ2) is 8.69. The van der Waals surface area contributed by atoms with Gasteiger partial charge in [-0.15, -0.1) is 0 Å². The van der Waals surface area contributed by atoms with Crippen LogP contribution >= 0.6 is 31.9 Å². The number of halogens is 8. The summed E-state index contributed by atoms with van der Waals surface area (Å²) in [6.07, 6.45) is -9.48. The molecule has 2 aromatic carbocycles. The van der Waals surface area contributed by atoms with Gasteiger partial charge in [0, 0.05) is 15.7 Å². The number of benzene rings is 2. The van der Waals surface area contributed by atoms with Crippen LogP contribution in [0.25, 0.3) is 16.9 Å². The van der Waals surface area contributed by atoms with Gasteiger partial charge in [0.05, 0.1) is 15.7 Å². The Labute approximate surface area is 204 Å². The average molecular weight is 608 g/mol. The first-order chi connectivity index (χ1) is 15.8. The van der Waals surface area contributed by atoms with Crippen LogP contribution in [0.2, 0.25) is 0 Å². The smallest absolute Gasteiger partial charge is 0.321 e. The highest BCUT2D eigenvalue weighted by molar-refractivity contribution is 9.11. The van der Waals surface area contributed by atoms with E-state index in [1.54, 1.807) is 24.3 Å². The summed E-state index contributed by atoms with van der Waals surface area (Å²) in [4.78, 5) is 16.9. The van der Waals surface area contributed by atoms with E-state index in [9.17, 15) is 31.1 Å². The van der Waals surface area contributed by atoms with Crippen LogP contribution in [0.4, 0.5) is 32.0 Å². The van der Waals surface area contributed by atoms with Crippen molar-refractivity contribution in [2.24, 2.45) is 0 Å². The predicted octanol–water partition coefficient (Wildman–Crippen LogP) is 7.21. The van der Waals surface area contributed by atoms with Crippen LogP contribution in [0.3, 0.4) is 0 Å². The number of carbonyl (C=O) groups is 1. The minimum Gasteiger partial charge on any atom is -0.321 e. The van der Waals surface area contributed by atoms with Crippen molar-refractivity contribution in [1.29, 1.82) is 0 Å². The highest BCUT2D eigenvalue weighted by Crippen LogP contribution is 2.35. The Balaban J connectivity index is 1.80. The Bertz CT molecular complexity index is 1400. The zero-order valence-electron chi connectivity index (χ0n) is 16.5. The van der Waals surface area contributed by atoms with Gasteiger partial charge in [0.1, 0.15) is 0 Å². The molecule has 0 unspecified atom stereocenters. The van der Waals surface area contributed by atoms with E-state index in [-0.39, 0.29) is 21.5 Å². The lowest BCUT2D eigenvalue weighted by molar-refractivity contribution is -0.142. The molecule has 0 saturated heterocycles. The Kier molecular flexibility index (Phi) is 6.19. The summed E-state index contributed by atoms with van der Waals surface area (Å²) >= 11 is 6.32. The molecule has 4 aromatic rings. The lowest BCUT2D eigenvalue weighted by atomic mass is 10.1. The van der Waals surface area contributed by atoms with Gasteiger partial charge >= 0.3 is 12.4 Å². The number of hydrogen-bond donors (Lipinski definition) is 1. The minimum atomic E-state index is -4.84. The summed E-state index contributed by atoms with van der Waals surface area (Å²) in [5.74, 6) is -1.02. The molecular weight excluding hydrogens is 598 g/mol. The fourth-order valence-corrected chi connectivity index (χ4v) is 3.85. The van der Waals surface area contributed by atoms with E-state index in [4.69, 9.17) is 0 Å². The van der Waals surface area contributed by atoms with E-state index in [0.29, 0.717) is 20.6 Å². The number of hydrogen-bond acceptors (Lipinski definition) is 3. The number of anilines is 1. The number of alkyl halides is 6. The summed E-state index contributed by atoms with van der Waals surface area (Å²) in [5.41, 5.74) is -2.79. The predicted molar refractivity (Wildman–Crippen MR) is 118 cm³/mol. The van der Waals surface area contributed by atoms with Gasteiger partial charge in [-0.05, 0) is 52.3 Å². The zero-order chi connectivity index (χ0) is 24.8. The van der Waals surface area contributed by atoms with Crippen LogP contribution in [-0.2, 0) is 12.4 Å². The van der Waals surface area contributed by atoms with E-state index in [1.165, 1.54) is 6.07 Å². The number of amides is 1. The van der Waals surface area contributed by atoms with E-state index in [0.717, 1.165) is 18.2 Å². The summed E-state index contributed by atoms with van der Waals surface area (Å²) in [5, 5.41) is 5.96. The number of nitrogens with one attached hydrogen (secondary N) is 1. The molecule has 2 heterocycles. The van der Waals surface area contributed by atoms with Crippen LogP contribution < -0.4 is 5.32 Å². The van der Waals surface area contributed by atoms with Crippen LogP contribution in [0.5, 0.6) is 0 Å². The van der Waals surface area contributed by atoms with Gasteiger partial charge in [0.25, 0.3) is 5.91 Å². The lowest BCUT2D eigenvalue weighted by Gasteiger charge is -2.11. The van der Waals surface area contributed by atoms with Crippen molar-refractivity contribution in [3.05, 3.63) is 80.5 Å². The van der Waals surface area contributed by atoms with E-state index >= 15 is 0 Å². The van der Waals surface area contributed by atoms with E-state index < -0.39 is 35.2 Å². The molecule has 0 fully saturated rings. The Morgan fingerprint density at radius 1 is 0.912 bits per heavy atom. The fourth-order valence-electron chi connectivity index (χ4n) is 3.07. The van der Waals surface area contributed by atoms with E-state index in [1.807, 2.05) is 0 Å². The number of carbonyl (C=O) groups excluding carboxylic acids is 1. The summed E-state index contributed by atoms with van der Waals surface area (Å²) < 4.78 is 81.2. The van der Waals surface area contributed by atoms with Crippen molar-refractivity contribution < 1.29 is 31.1 Å². The molecule has 0 saturated carbocycles. The Hall–Kier alpha value is -2.93. The first-order valence-electron chi connectivity index (χ1n) is 9.25. The molecule has 176 valence electrons. The third-order valence-electron chi connectivity index (χ3n) is 4.63. The molecule has 34 heavy (non-hydrogen) atoms. The van der Waals surface area contributed by atoms with Crippen molar-refractivity contribution in [1.82, 2.24) is 14.6 Å². The largest absolute Gasteiger partial charge is 0.433 e. The van der Waals surface area contributed by atoms with Crippen molar-refractivity contribution in [3.63, 3.8) is 0 Å². The average Bonchev–Trinajstić information content (AvgIpc) is 3.09. The van der Waals surface area contributed by atoms with Gasteiger partial charge in [-0.25, -0.2) is 9.50 Å². The maximum atomic E-state index is 13.8. The SMILES string of the molecule is O=C(Nc1cccc(C(F)(F)F)c1)c1nn2c(C(F)(F)F)cc(-c3ccc(Br)cc3)nc2c1Br. The van der Waals surface area contributed by atoms with Crippen molar-refractivity contribution in [2.75, 3.05) is 5.32 Å². The van der Waals surface area contributed by atoms with Crippen LogP contribution in [0.15, 0.2) is 63.5 Å². The third-order valence-corrected chi connectivity index (χ3v) is 5.88. The molecule has 0 aliphatic carbocycles. The summed E-state index contributed by atoms with van der Waals surface area (Å²) in [6, 6.07) is 11.0. The van der Waals surface area contributed by atoms with Crippen LogP contribution in [-0.4, -0.2) is 20.5 Å². The highest BCUT2D eigenvalue weighted by atomic mass is 79.9. The maximum Gasteiger partial charge on any atom is 0.433 e. The number of rotatable bonds is 3. The second-order valence-electron chi connectivity index (χ2n) is 6.96. The minimum absolute atomic E-state index is 0.0160. The maximum absolute atomic E-state index is 13.8. The summed E-state index contributed by atoms with van der Waals surface area (Å²) in [7, 11) is 0. The van der Waals surface area contributed by atoms with Gasteiger partial charge in [0.15, 0.2) is 17.0 Å². The molecule has 1 amide bonds.